The molecule has 4 N–H and O–H groups in total. The van der Waals surface area contributed by atoms with Gasteiger partial charge in [0.25, 0.3) is 5.91 Å². The zero-order valence-electron chi connectivity index (χ0n) is 25.5. The molecule has 11 heteroatoms. The van der Waals surface area contributed by atoms with Gasteiger partial charge in [0, 0.05) is 36.0 Å². The first-order chi connectivity index (χ1) is 21.9. The van der Waals surface area contributed by atoms with Gasteiger partial charge in [-0.1, -0.05) is 43.2 Å². The van der Waals surface area contributed by atoms with Crippen LogP contribution in [0.4, 0.5) is 0 Å². The predicted octanol–water partition coefficient (Wildman–Crippen LogP) is 4.62. The van der Waals surface area contributed by atoms with Crippen molar-refractivity contribution in [2.75, 3.05) is 13.2 Å². The van der Waals surface area contributed by atoms with E-state index in [4.69, 9.17) is 14.7 Å². The Kier molecular flexibility index (Phi) is 11.1. The molecule has 240 valence electrons. The summed E-state index contributed by atoms with van der Waals surface area (Å²) in [5, 5.41) is 12.4. The maximum atomic E-state index is 13.0. The number of hydrogen-bond acceptors (Lipinski definition) is 7. The normalized spacial score (nSPS) is 15.4. The number of nitrogens with zero attached hydrogens (tertiary/aromatic N) is 1. The van der Waals surface area contributed by atoms with Crippen LogP contribution in [0.2, 0.25) is 0 Å². The van der Waals surface area contributed by atoms with Gasteiger partial charge < -0.3 is 24.7 Å². The van der Waals surface area contributed by atoms with E-state index in [1.807, 2.05) is 35.2 Å². The lowest BCUT2D eigenvalue weighted by Crippen LogP contribution is -2.38. The Morgan fingerprint density at radius 2 is 1.71 bits per heavy atom. The molecule has 45 heavy (non-hydrogen) atoms. The van der Waals surface area contributed by atoms with Gasteiger partial charge in [0.1, 0.15) is 11.9 Å². The fourth-order valence-electron chi connectivity index (χ4n) is 6.17. The van der Waals surface area contributed by atoms with E-state index in [9.17, 15) is 19.2 Å². The third kappa shape index (κ3) is 8.63. The molecule has 2 heterocycles. The predicted molar refractivity (Wildman–Crippen MR) is 166 cm³/mol. The zero-order valence-corrected chi connectivity index (χ0v) is 25.5. The molecule has 0 saturated heterocycles. The average Bonchev–Trinajstić information content (AvgIpc) is 3.71. The van der Waals surface area contributed by atoms with Crippen LogP contribution in [0.3, 0.4) is 0 Å². The molecule has 11 nitrogen and oxygen atoms in total. The van der Waals surface area contributed by atoms with Gasteiger partial charge in [0.05, 0.1) is 6.54 Å². The molecule has 3 aromatic rings. The first-order valence-corrected chi connectivity index (χ1v) is 15.9. The van der Waals surface area contributed by atoms with E-state index in [1.165, 1.54) is 0 Å². The number of hydrogen-bond donors (Lipinski definition) is 4. The maximum absolute atomic E-state index is 13.0. The summed E-state index contributed by atoms with van der Waals surface area (Å²) in [5.74, 6) is -0.613. The van der Waals surface area contributed by atoms with E-state index in [0.717, 1.165) is 67.1 Å². The Bertz CT molecular complexity index is 1480. The third-order valence-corrected chi connectivity index (χ3v) is 8.60. The molecule has 0 radical (unpaired) electrons. The van der Waals surface area contributed by atoms with Gasteiger partial charge in [-0.2, -0.15) is 0 Å². The van der Waals surface area contributed by atoms with Crippen molar-refractivity contribution in [3.05, 3.63) is 65.4 Å². The number of H-pyrrole nitrogens is 1. The van der Waals surface area contributed by atoms with Crippen molar-refractivity contribution in [2.24, 2.45) is 0 Å². The van der Waals surface area contributed by atoms with Crippen LogP contribution in [-0.2, 0) is 36.9 Å². The molecule has 1 saturated carbocycles. The summed E-state index contributed by atoms with van der Waals surface area (Å²) < 4.78 is 11.6. The second-order valence-corrected chi connectivity index (χ2v) is 11.8. The molecular formula is C34H42N4O7. The Hall–Kier alpha value is -4.38. The second kappa shape index (κ2) is 15.6. The molecule has 3 amide bonds. The highest BCUT2D eigenvalue weighted by Gasteiger charge is 2.29. The lowest BCUT2D eigenvalue weighted by molar-refractivity contribution is -0.153. The van der Waals surface area contributed by atoms with Crippen LogP contribution in [0.1, 0.15) is 87.1 Å². The number of aromatic amines is 1. The van der Waals surface area contributed by atoms with Gasteiger partial charge in [-0.25, -0.2) is 10.3 Å². The number of rotatable bonds is 14. The molecule has 0 spiro atoms. The van der Waals surface area contributed by atoms with Gasteiger partial charge >= 0.3 is 5.97 Å². The molecule has 1 aliphatic heterocycles. The summed E-state index contributed by atoms with van der Waals surface area (Å²) in [6.07, 6.45) is 8.26. The van der Waals surface area contributed by atoms with Crippen LogP contribution in [0.25, 0.3) is 10.9 Å². The smallest absolute Gasteiger partial charge is 0.333 e. The number of unbranched alkanes of at least 4 members (excludes halogenated alkanes) is 3. The van der Waals surface area contributed by atoms with E-state index in [1.54, 1.807) is 23.7 Å². The average molecular weight is 619 g/mol. The Labute approximate surface area is 262 Å². The highest BCUT2D eigenvalue weighted by Crippen LogP contribution is 2.31. The maximum Gasteiger partial charge on any atom is 0.333 e. The number of carbonyl (C=O) groups excluding carboxylic acids is 4. The number of fused-ring (bicyclic) bond motifs is 3. The summed E-state index contributed by atoms with van der Waals surface area (Å²) in [5.41, 5.74) is 5.38. The van der Waals surface area contributed by atoms with Crippen LogP contribution in [0.5, 0.6) is 5.75 Å². The van der Waals surface area contributed by atoms with E-state index < -0.39 is 17.9 Å². The first kappa shape index (κ1) is 32.0. The molecule has 2 aromatic carbocycles. The van der Waals surface area contributed by atoms with E-state index in [-0.39, 0.29) is 30.9 Å². The summed E-state index contributed by atoms with van der Waals surface area (Å²) >= 11 is 0. The van der Waals surface area contributed by atoms with Crippen molar-refractivity contribution >= 4 is 34.6 Å². The van der Waals surface area contributed by atoms with Crippen molar-refractivity contribution in [3.63, 3.8) is 0 Å². The number of benzene rings is 2. The fraction of sp³-hybridized carbons (Fsp3) is 0.471. The molecular weight excluding hydrogens is 576 g/mol. The monoisotopic (exact) mass is 618 g/mol. The van der Waals surface area contributed by atoms with Crippen molar-refractivity contribution in [1.29, 1.82) is 0 Å². The second-order valence-electron chi connectivity index (χ2n) is 11.8. The molecule has 1 atom stereocenters. The van der Waals surface area contributed by atoms with E-state index in [2.05, 4.69) is 10.3 Å². The zero-order chi connectivity index (χ0) is 31.6. The van der Waals surface area contributed by atoms with Crippen LogP contribution < -0.4 is 15.5 Å². The van der Waals surface area contributed by atoms with Gasteiger partial charge in [-0.05, 0) is 74.3 Å². The molecule has 2 aliphatic rings. The number of amides is 3. The quantitative estimate of drug-likeness (QED) is 0.0891. The minimum Gasteiger partial charge on any atom is -0.484 e. The Balaban J connectivity index is 1.13. The highest BCUT2D eigenvalue weighted by atomic mass is 16.5. The molecule has 0 bridgehead atoms. The SMILES string of the molecule is O=C(CCCCCCC(=O)N1CCc2c([nH]c3ccc(OCC(=O)N[C@H](C(=O)OC4CCCC4)c4ccccc4)cc23)C1)NO. The number of esters is 1. The standard InChI is InChI=1S/C34H42N4O7/c39-30(37-43)14-6-1-2-7-15-32(41)38-19-18-26-27-20-25(16-17-28(27)35-29(26)21-38)44-22-31(40)36-33(23-10-4-3-5-11-23)34(42)45-24-12-8-9-13-24/h3-5,10-11,16-17,20,24,33,35,43H,1-2,6-9,12-15,18-19,21-22H2,(H,36,40)(H,37,39)/t33-/m0/s1. The van der Waals surface area contributed by atoms with Crippen LogP contribution in [-0.4, -0.2) is 58.0 Å². The molecule has 5 rings (SSSR count). The lowest BCUT2D eigenvalue weighted by atomic mass is 10.0. The largest absolute Gasteiger partial charge is 0.484 e. The topological polar surface area (TPSA) is 150 Å². The third-order valence-electron chi connectivity index (χ3n) is 8.60. The summed E-state index contributed by atoms with van der Waals surface area (Å²) in [6, 6.07) is 13.8. The minimum absolute atomic E-state index is 0.105. The van der Waals surface area contributed by atoms with Crippen molar-refractivity contribution in [3.8, 4) is 5.75 Å². The van der Waals surface area contributed by atoms with Crippen molar-refractivity contribution in [2.45, 2.75) is 89.3 Å². The van der Waals surface area contributed by atoms with Crippen molar-refractivity contribution < 1.29 is 33.9 Å². The van der Waals surface area contributed by atoms with Gasteiger partial charge in [-0.15, -0.1) is 0 Å². The molecule has 1 aliphatic carbocycles. The molecule has 1 fully saturated rings. The number of carbonyl (C=O) groups is 4. The van der Waals surface area contributed by atoms with Gasteiger partial charge in [0.2, 0.25) is 11.8 Å². The number of hydroxylamine groups is 1. The van der Waals surface area contributed by atoms with E-state index >= 15 is 0 Å². The number of aromatic nitrogens is 1. The van der Waals surface area contributed by atoms with Crippen LogP contribution in [0.15, 0.2) is 48.5 Å². The van der Waals surface area contributed by atoms with Crippen LogP contribution in [0, 0.1) is 0 Å². The Morgan fingerprint density at radius 3 is 2.47 bits per heavy atom. The Morgan fingerprint density at radius 1 is 0.956 bits per heavy atom. The summed E-state index contributed by atoms with van der Waals surface area (Å²) in [4.78, 5) is 55.2. The molecule has 0 unspecified atom stereocenters. The summed E-state index contributed by atoms with van der Waals surface area (Å²) in [6.45, 7) is 0.881. The van der Waals surface area contributed by atoms with Crippen LogP contribution >= 0.6 is 0 Å². The number of nitrogens with one attached hydrogen (secondary N) is 3. The van der Waals surface area contributed by atoms with Gasteiger partial charge in [0.15, 0.2) is 12.6 Å². The fourth-order valence-corrected chi connectivity index (χ4v) is 6.17. The lowest BCUT2D eigenvalue weighted by Gasteiger charge is -2.27. The highest BCUT2D eigenvalue weighted by molar-refractivity contribution is 5.88. The van der Waals surface area contributed by atoms with Gasteiger partial charge in [-0.3, -0.25) is 19.6 Å². The summed E-state index contributed by atoms with van der Waals surface area (Å²) in [7, 11) is 0. The van der Waals surface area contributed by atoms with Crippen molar-refractivity contribution in [1.82, 2.24) is 20.7 Å². The first-order valence-electron chi connectivity index (χ1n) is 15.9. The minimum atomic E-state index is -0.909. The number of ether oxygens (including phenoxy) is 2. The molecule has 1 aromatic heterocycles. The van der Waals surface area contributed by atoms with E-state index in [0.29, 0.717) is 43.7 Å².